The second-order valence-electron chi connectivity index (χ2n) is 2.64. The van der Waals surface area contributed by atoms with Crippen molar-refractivity contribution in [1.29, 1.82) is 5.26 Å². The molecule has 2 heterocycles. The summed E-state index contributed by atoms with van der Waals surface area (Å²) in [4.78, 5) is 7.85. The molecule has 0 saturated heterocycles. The molecule has 4 heteroatoms. The highest BCUT2D eigenvalue weighted by Gasteiger charge is 1.97. The maximum absolute atomic E-state index is 8.59. The number of nitriles is 1. The van der Waals surface area contributed by atoms with E-state index >= 15 is 0 Å². The van der Waals surface area contributed by atoms with Crippen LogP contribution in [0.2, 0.25) is 0 Å². The maximum atomic E-state index is 8.59. The van der Waals surface area contributed by atoms with Gasteiger partial charge in [-0.2, -0.15) is 5.26 Å². The van der Waals surface area contributed by atoms with E-state index in [1.165, 1.54) is 0 Å². The topological polar surface area (TPSA) is 75.6 Å². The molecule has 0 aliphatic carbocycles. The molecule has 62 valence electrons. The molecule has 2 N–H and O–H groups in total. The Kier molecular flexibility index (Phi) is 1.57. The number of anilines is 1. The Morgan fingerprint density at radius 2 is 1.85 bits per heavy atom. The predicted octanol–water partition coefficient (Wildman–Crippen LogP) is 1.08. The Morgan fingerprint density at radius 1 is 1.15 bits per heavy atom. The highest BCUT2D eigenvalue weighted by molar-refractivity contribution is 5.83. The average Bonchev–Trinajstić information content (AvgIpc) is 2.17. The second kappa shape index (κ2) is 2.72. The molecular formula is C9H6N4. The molecule has 0 aromatic carbocycles. The molecule has 4 nitrogen and oxygen atoms in total. The summed E-state index contributed by atoms with van der Waals surface area (Å²) >= 11 is 0. The third-order valence-corrected chi connectivity index (χ3v) is 1.74. The Morgan fingerprint density at radius 3 is 2.62 bits per heavy atom. The Labute approximate surface area is 74.6 Å². The van der Waals surface area contributed by atoms with Gasteiger partial charge in [-0.1, -0.05) is 0 Å². The van der Waals surface area contributed by atoms with Crippen LogP contribution in [0.15, 0.2) is 24.5 Å². The van der Waals surface area contributed by atoms with Crippen LogP contribution in [0.5, 0.6) is 0 Å². The third kappa shape index (κ3) is 1.27. The molecule has 0 unspecified atom stereocenters. The molecule has 0 atom stereocenters. The first-order chi connectivity index (χ1) is 6.29. The molecule has 0 aliphatic rings. The Bertz CT molecular complexity index is 498. The number of rotatable bonds is 0. The van der Waals surface area contributed by atoms with Crippen molar-refractivity contribution in [2.45, 2.75) is 0 Å². The van der Waals surface area contributed by atoms with Gasteiger partial charge in [0.25, 0.3) is 0 Å². The Balaban J connectivity index is 2.75. The van der Waals surface area contributed by atoms with Crippen molar-refractivity contribution >= 4 is 16.6 Å². The highest BCUT2D eigenvalue weighted by Crippen LogP contribution is 2.14. The van der Waals surface area contributed by atoms with E-state index in [9.17, 15) is 0 Å². The first kappa shape index (κ1) is 7.50. The summed E-state index contributed by atoms with van der Waals surface area (Å²) in [5.41, 5.74) is 5.88. The molecule has 0 radical (unpaired) electrons. The smallest absolute Gasteiger partial charge is 0.141 e. The molecule has 0 aliphatic heterocycles. The van der Waals surface area contributed by atoms with Gasteiger partial charge in [0.05, 0.1) is 0 Å². The van der Waals surface area contributed by atoms with Crippen LogP contribution in [0.3, 0.4) is 0 Å². The lowest BCUT2D eigenvalue weighted by atomic mass is 10.2. The van der Waals surface area contributed by atoms with Gasteiger partial charge in [0, 0.05) is 23.2 Å². The fourth-order valence-electron chi connectivity index (χ4n) is 1.12. The van der Waals surface area contributed by atoms with Crippen molar-refractivity contribution < 1.29 is 0 Å². The van der Waals surface area contributed by atoms with Crippen molar-refractivity contribution in [2.24, 2.45) is 0 Å². The van der Waals surface area contributed by atoms with Gasteiger partial charge in [-0.25, -0.2) is 9.97 Å². The van der Waals surface area contributed by atoms with Crippen LogP contribution in [0.1, 0.15) is 5.69 Å². The zero-order valence-corrected chi connectivity index (χ0v) is 6.73. The summed E-state index contributed by atoms with van der Waals surface area (Å²) in [6.45, 7) is 0. The van der Waals surface area contributed by atoms with Crippen molar-refractivity contribution in [1.82, 2.24) is 9.97 Å². The molecule has 0 amide bonds. The average molecular weight is 170 g/mol. The van der Waals surface area contributed by atoms with Crippen molar-refractivity contribution in [3.63, 3.8) is 0 Å². The fraction of sp³-hybridized carbons (Fsp3) is 0. The van der Waals surface area contributed by atoms with E-state index in [4.69, 9.17) is 11.0 Å². The molecule has 0 fully saturated rings. The van der Waals surface area contributed by atoms with E-state index in [0.717, 1.165) is 10.8 Å². The maximum Gasteiger partial charge on any atom is 0.141 e. The number of hydrogen-bond acceptors (Lipinski definition) is 4. The number of nitrogen functional groups attached to an aromatic ring is 1. The summed E-state index contributed by atoms with van der Waals surface area (Å²) in [5.74, 6) is 0.457. The summed E-state index contributed by atoms with van der Waals surface area (Å²) in [6.07, 6.45) is 3.25. The number of nitrogens with zero attached hydrogens (tertiary/aromatic N) is 3. The third-order valence-electron chi connectivity index (χ3n) is 1.74. The van der Waals surface area contributed by atoms with E-state index in [-0.39, 0.29) is 0 Å². The molecule has 2 aromatic rings. The van der Waals surface area contributed by atoms with Gasteiger partial charge in [0.1, 0.15) is 17.6 Å². The monoisotopic (exact) mass is 170 g/mol. The van der Waals surface area contributed by atoms with Crippen LogP contribution in [0, 0.1) is 11.3 Å². The molecule has 0 saturated carbocycles. The second-order valence-corrected chi connectivity index (χ2v) is 2.64. The van der Waals surface area contributed by atoms with E-state index in [1.807, 2.05) is 6.07 Å². The van der Waals surface area contributed by atoms with Gasteiger partial charge in [0.2, 0.25) is 0 Å². The van der Waals surface area contributed by atoms with Gasteiger partial charge in [-0.15, -0.1) is 0 Å². The largest absolute Gasteiger partial charge is 0.384 e. The number of fused-ring (bicyclic) bond motifs is 1. The van der Waals surface area contributed by atoms with Crippen LogP contribution in [0.25, 0.3) is 10.8 Å². The highest BCUT2D eigenvalue weighted by atomic mass is 14.8. The predicted molar refractivity (Wildman–Crippen MR) is 48.7 cm³/mol. The number of pyridine rings is 2. The number of nitrogens with two attached hydrogens (primary N) is 1. The van der Waals surface area contributed by atoms with Crippen LogP contribution >= 0.6 is 0 Å². The minimum absolute atomic E-state index is 0.388. The summed E-state index contributed by atoms with van der Waals surface area (Å²) < 4.78 is 0. The lowest BCUT2D eigenvalue weighted by Crippen LogP contribution is -1.90. The first-order valence-corrected chi connectivity index (χ1v) is 3.71. The molecule has 2 aromatic heterocycles. The fourth-order valence-corrected chi connectivity index (χ4v) is 1.12. The minimum Gasteiger partial charge on any atom is -0.384 e. The molecule has 0 spiro atoms. The van der Waals surface area contributed by atoms with Crippen LogP contribution < -0.4 is 5.73 Å². The van der Waals surface area contributed by atoms with Crippen LogP contribution in [-0.4, -0.2) is 9.97 Å². The van der Waals surface area contributed by atoms with Gasteiger partial charge < -0.3 is 5.73 Å². The van der Waals surface area contributed by atoms with Crippen LogP contribution in [0.4, 0.5) is 5.82 Å². The van der Waals surface area contributed by atoms with Gasteiger partial charge in [-0.3, -0.25) is 0 Å². The lowest BCUT2D eigenvalue weighted by molar-refractivity contribution is 1.28. The molecule has 0 bridgehead atoms. The quantitative estimate of drug-likeness (QED) is 0.641. The standard InChI is InChI=1S/C9H6N4/c10-3-8-1-6-5-13-9(11)2-7(6)4-12-8/h1-2,4-5H,(H2,11,13). The van der Waals surface area contributed by atoms with Crippen molar-refractivity contribution in [3.05, 3.63) is 30.2 Å². The SMILES string of the molecule is N#Cc1cc2cnc(N)cc2cn1. The van der Waals surface area contributed by atoms with E-state index in [2.05, 4.69) is 9.97 Å². The van der Waals surface area contributed by atoms with E-state index in [1.54, 1.807) is 24.5 Å². The molecule has 2 rings (SSSR count). The first-order valence-electron chi connectivity index (χ1n) is 3.71. The van der Waals surface area contributed by atoms with E-state index < -0.39 is 0 Å². The molecule has 13 heavy (non-hydrogen) atoms. The van der Waals surface area contributed by atoms with Crippen molar-refractivity contribution in [2.75, 3.05) is 5.73 Å². The zero-order chi connectivity index (χ0) is 9.26. The van der Waals surface area contributed by atoms with E-state index in [0.29, 0.717) is 11.5 Å². The van der Waals surface area contributed by atoms with Crippen molar-refractivity contribution in [3.8, 4) is 6.07 Å². The lowest BCUT2D eigenvalue weighted by Gasteiger charge is -1.97. The van der Waals surface area contributed by atoms with Gasteiger partial charge in [-0.05, 0) is 12.1 Å². The zero-order valence-electron chi connectivity index (χ0n) is 6.73. The van der Waals surface area contributed by atoms with Gasteiger partial charge >= 0.3 is 0 Å². The number of hydrogen-bond donors (Lipinski definition) is 1. The van der Waals surface area contributed by atoms with Gasteiger partial charge in [0.15, 0.2) is 0 Å². The van der Waals surface area contributed by atoms with Crippen LogP contribution in [-0.2, 0) is 0 Å². The summed E-state index contributed by atoms with van der Waals surface area (Å²) in [7, 11) is 0. The summed E-state index contributed by atoms with van der Waals surface area (Å²) in [5, 5.41) is 10.4. The minimum atomic E-state index is 0.388. The molecular weight excluding hydrogens is 164 g/mol. The number of aromatic nitrogens is 2. The Hall–Kier alpha value is -2.15. The normalized spacial score (nSPS) is 9.77. The summed E-state index contributed by atoms with van der Waals surface area (Å²) in [6, 6.07) is 5.37.